The molecule has 2 aliphatic rings. The van der Waals surface area contributed by atoms with E-state index in [0.717, 1.165) is 24.8 Å². The van der Waals surface area contributed by atoms with Crippen LogP contribution in [0.1, 0.15) is 61.0 Å². The molecular formula is C24H20F6N4O2S. The number of halogens is 6. The Hall–Kier alpha value is -3.11. The minimum absolute atomic E-state index is 0.0482. The van der Waals surface area contributed by atoms with Crippen LogP contribution in [0.2, 0.25) is 0 Å². The fourth-order valence-corrected chi connectivity index (χ4v) is 6.19. The summed E-state index contributed by atoms with van der Waals surface area (Å²) >= 11 is 0. The molecule has 2 aromatic heterocycles. The number of hydrogen-bond donors (Lipinski definition) is 1. The molecule has 2 aliphatic carbocycles. The maximum atomic E-state index is 15.5. The highest BCUT2D eigenvalue weighted by molar-refractivity contribution is 7.90. The van der Waals surface area contributed by atoms with Crippen molar-refractivity contribution in [1.29, 1.82) is 5.26 Å². The average molecular weight is 543 g/mol. The van der Waals surface area contributed by atoms with Gasteiger partial charge in [-0.1, -0.05) is 0 Å². The van der Waals surface area contributed by atoms with E-state index in [-0.39, 0.29) is 22.5 Å². The van der Waals surface area contributed by atoms with E-state index in [4.69, 9.17) is 0 Å². The molecular weight excluding hydrogens is 522 g/mol. The summed E-state index contributed by atoms with van der Waals surface area (Å²) in [6.07, 6.45) is -3.12. The van der Waals surface area contributed by atoms with Crippen molar-refractivity contribution in [2.75, 3.05) is 0 Å². The largest absolute Gasteiger partial charge is 0.417 e. The van der Waals surface area contributed by atoms with Gasteiger partial charge < -0.3 is 4.57 Å². The van der Waals surface area contributed by atoms with Crippen molar-refractivity contribution in [3.05, 3.63) is 53.2 Å². The second-order valence-electron chi connectivity index (χ2n) is 9.29. The number of sulfonamides is 1. The summed E-state index contributed by atoms with van der Waals surface area (Å²) < 4.78 is 114. The highest BCUT2D eigenvalue weighted by Crippen LogP contribution is 2.44. The second-order valence-corrected chi connectivity index (χ2v) is 11.3. The summed E-state index contributed by atoms with van der Waals surface area (Å²) in [4.78, 5) is 3.66. The Morgan fingerprint density at radius 2 is 1.86 bits per heavy atom. The molecule has 2 heterocycles. The van der Waals surface area contributed by atoms with E-state index >= 15 is 4.39 Å². The third-order valence-corrected chi connectivity index (χ3v) is 8.83. The number of nitrogens with zero attached hydrogens (tertiary/aromatic N) is 3. The summed E-state index contributed by atoms with van der Waals surface area (Å²) in [5.41, 5.74) is -3.22. The number of pyridine rings is 1. The molecule has 1 aromatic carbocycles. The minimum Gasteiger partial charge on any atom is -0.344 e. The van der Waals surface area contributed by atoms with E-state index in [0.29, 0.717) is 31.7 Å². The van der Waals surface area contributed by atoms with Crippen LogP contribution < -0.4 is 4.72 Å². The van der Waals surface area contributed by atoms with Crippen LogP contribution in [-0.4, -0.2) is 29.6 Å². The molecule has 0 saturated heterocycles. The molecule has 37 heavy (non-hydrogen) atoms. The Morgan fingerprint density at radius 1 is 1.16 bits per heavy atom. The molecule has 2 fully saturated rings. The lowest BCUT2D eigenvalue weighted by molar-refractivity contribution is -0.137. The number of benzene rings is 1. The number of rotatable bonds is 7. The molecule has 6 nitrogen and oxygen atoms in total. The van der Waals surface area contributed by atoms with Crippen molar-refractivity contribution in [3.63, 3.8) is 0 Å². The van der Waals surface area contributed by atoms with Gasteiger partial charge in [-0.3, -0.25) is 0 Å². The summed E-state index contributed by atoms with van der Waals surface area (Å²) in [6, 6.07) is 1.96. The van der Waals surface area contributed by atoms with Gasteiger partial charge in [0.2, 0.25) is 10.0 Å². The number of fused-ring (bicyclic) bond motifs is 1. The molecule has 196 valence electrons. The van der Waals surface area contributed by atoms with E-state index in [1.54, 1.807) is 10.6 Å². The van der Waals surface area contributed by atoms with E-state index in [2.05, 4.69) is 4.98 Å². The first-order valence-corrected chi connectivity index (χ1v) is 13.1. The zero-order valence-electron chi connectivity index (χ0n) is 19.1. The van der Waals surface area contributed by atoms with Gasteiger partial charge >= 0.3 is 6.18 Å². The molecule has 3 aromatic rings. The van der Waals surface area contributed by atoms with Crippen LogP contribution in [0, 0.1) is 17.1 Å². The van der Waals surface area contributed by atoms with E-state index < -0.39 is 62.1 Å². The standard InChI is InChI=1S/C24H20F6N4O2S/c25-18-8-14-16(22(23(26)27)33-37(35,36)13-4-5-13)11-34(12-2-1-3-12)20(14)9-15(18)21-17(24(28,29)30)6-7-32-19(21)10-31/h6-9,11-13,22-23,33H,1-5H2/t22-/m0/s1. The average Bonchev–Trinajstić information content (AvgIpc) is 3.60. The third kappa shape index (κ3) is 4.57. The SMILES string of the molecule is N#Cc1nccc(C(F)(F)F)c1-c1cc2c(cc1F)c([C@H](NS(=O)(=O)C1CC1)C(F)F)cn2C1CCC1. The van der Waals surface area contributed by atoms with Gasteiger partial charge in [0.05, 0.1) is 10.8 Å². The van der Waals surface area contributed by atoms with E-state index in [1.165, 1.54) is 6.20 Å². The van der Waals surface area contributed by atoms with Gasteiger partial charge in [-0.2, -0.15) is 18.4 Å². The van der Waals surface area contributed by atoms with Gasteiger partial charge in [-0.05, 0) is 50.3 Å². The maximum Gasteiger partial charge on any atom is 0.417 e. The lowest BCUT2D eigenvalue weighted by Gasteiger charge is -2.28. The number of nitrogens with one attached hydrogen (secondary N) is 1. The zero-order chi connectivity index (χ0) is 26.7. The first kappa shape index (κ1) is 25.5. The van der Waals surface area contributed by atoms with Crippen molar-refractivity contribution < 1.29 is 34.8 Å². The van der Waals surface area contributed by atoms with Gasteiger partial charge in [0.1, 0.15) is 23.6 Å². The zero-order valence-corrected chi connectivity index (χ0v) is 19.9. The normalized spacial score (nSPS) is 17.7. The molecule has 1 atom stereocenters. The molecule has 5 rings (SSSR count). The predicted octanol–water partition coefficient (Wildman–Crippen LogP) is 5.85. The number of hydrogen-bond acceptors (Lipinski definition) is 4. The molecule has 0 bridgehead atoms. The summed E-state index contributed by atoms with van der Waals surface area (Å²) in [5, 5.41) is 8.59. The Morgan fingerprint density at radius 3 is 2.41 bits per heavy atom. The Labute approximate surface area is 208 Å². The lowest BCUT2D eigenvalue weighted by atomic mass is 9.92. The van der Waals surface area contributed by atoms with Gasteiger partial charge in [-0.15, -0.1) is 0 Å². The molecule has 0 radical (unpaired) electrons. The van der Waals surface area contributed by atoms with Gasteiger partial charge in [0.15, 0.2) is 0 Å². The Balaban J connectivity index is 1.74. The topological polar surface area (TPSA) is 87.8 Å². The predicted molar refractivity (Wildman–Crippen MR) is 122 cm³/mol. The van der Waals surface area contributed by atoms with Crippen LogP contribution in [0.15, 0.2) is 30.6 Å². The van der Waals surface area contributed by atoms with Crippen LogP contribution in [-0.2, 0) is 16.2 Å². The fourth-order valence-electron chi connectivity index (χ4n) is 4.66. The fraction of sp³-hybridized carbons (Fsp3) is 0.417. The maximum absolute atomic E-state index is 15.5. The monoisotopic (exact) mass is 542 g/mol. The first-order valence-electron chi connectivity index (χ1n) is 11.5. The van der Waals surface area contributed by atoms with Crippen molar-refractivity contribution in [2.45, 2.75) is 62.0 Å². The molecule has 2 saturated carbocycles. The molecule has 0 aliphatic heterocycles. The quantitative estimate of drug-likeness (QED) is 0.380. The highest BCUT2D eigenvalue weighted by atomic mass is 32.2. The van der Waals surface area contributed by atoms with Crippen LogP contribution in [0.5, 0.6) is 0 Å². The second kappa shape index (κ2) is 9.02. The van der Waals surface area contributed by atoms with Crippen molar-refractivity contribution in [3.8, 4) is 17.2 Å². The van der Waals surface area contributed by atoms with Gasteiger partial charge in [0, 0.05) is 46.0 Å². The lowest BCUT2D eigenvalue weighted by Crippen LogP contribution is -2.35. The van der Waals surface area contributed by atoms with Crippen molar-refractivity contribution in [2.24, 2.45) is 0 Å². The van der Waals surface area contributed by atoms with Crippen molar-refractivity contribution in [1.82, 2.24) is 14.3 Å². The molecule has 13 heteroatoms. The summed E-state index contributed by atoms with van der Waals surface area (Å²) in [7, 11) is -4.05. The van der Waals surface area contributed by atoms with Crippen LogP contribution >= 0.6 is 0 Å². The Bertz CT molecular complexity index is 1520. The van der Waals surface area contributed by atoms with Crippen molar-refractivity contribution >= 4 is 20.9 Å². The molecule has 1 N–H and O–H groups in total. The number of alkyl halides is 5. The third-order valence-electron chi connectivity index (χ3n) is 6.89. The Kier molecular flexibility index (Phi) is 6.23. The molecule has 0 spiro atoms. The molecule has 0 amide bonds. The summed E-state index contributed by atoms with van der Waals surface area (Å²) in [5.74, 6) is -1.19. The van der Waals surface area contributed by atoms with E-state index in [1.807, 2.05) is 4.72 Å². The van der Waals surface area contributed by atoms with Crippen LogP contribution in [0.4, 0.5) is 26.3 Å². The summed E-state index contributed by atoms with van der Waals surface area (Å²) in [6.45, 7) is 0. The smallest absolute Gasteiger partial charge is 0.344 e. The molecule has 0 unspecified atom stereocenters. The minimum atomic E-state index is -4.92. The first-order chi connectivity index (χ1) is 17.4. The van der Waals surface area contributed by atoms with E-state index in [9.17, 15) is 35.6 Å². The number of aromatic nitrogens is 2. The van der Waals surface area contributed by atoms with Crippen LogP contribution in [0.25, 0.3) is 22.0 Å². The highest BCUT2D eigenvalue weighted by Gasteiger charge is 2.41. The number of nitriles is 1. The van der Waals surface area contributed by atoms with Gasteiger partial charge in [0.25, 0.3) is 6.43 Å². The van der Waals surface area contributed by atoms with Crippen LogP contribution in [0.3, 0.4) is 0 Å². The van der Waals surface area contributed by atoms with Gasteiger partial charge in [-0.25, -0.2) is 31.3 Å².